The minimum atomic E-state index is -0.767. The van der Waals surface area contributed by atoms with Crippen LogP contribution in [0.25, 0.3) is 6.08 Å². The van der Waals surface area contributed by atoms with Crippen LogP contribution in [0.15, 0.2) is 87.8 Å². The van der Waals surface area contributed by atoms with Crippen molar-refractivity contribution in [2.24, 2.45) is 4.99 Å². The second-order valence-electron chi connectivity index (χ2n) is 10.1. The number of nitrogens with zero attached hydrogens (tertiary/aromatic N) is 3. The Labute approximate surface area is 265 Å². The van der Waals surface area contributed by atoms with Crippen LogP contribution in [-0.4, -0.2) is 42.7 Å². The van der Waals surface area contributed by atoms with Gasteiger partial charge < -0.3 is 19.1 Å². The predicted molar refractivity (Wildman–Crippen MR) is 173 cm³/mol. The molecule has 0 fully saturated rings. The molecule has 0 saturated carbocycles. The third-order valence-electron chi connectivity index (χ3n) is 7.54. The van der Waals surface area contributed by atoms with Gasteiger partial charge >= 0.3 is 0 Å². The monoisotopic (exact) mass is 631 g/mol. The van der Waals surface area contributed by atoms with E-state index in [2.05, 4.69) is 0 Å². The molecular weight excluding hydrogens is 598 g/mol. The van der Waals surface area contributed by atoms with E-state index in [1.165, 1.54) is 11.3 Å². The maximum absolute atomic E-state index is 14.2. The highest BCUT2D eigenvalue weighted by molar-refractivity contribution is 7.07. The largest absolute Gasteiger partial charge is 0.497 e. The number of amides is 1. The number of allylic oxidation sites excluding steroid dienone is 1. The van der Waals surface area contributed by atoms with Gasteiger partial charge in [0.25, 0.3) is 11.5 Å². The standard InChI is InChI=1S/C34H34ClN3O5S/c1-6-37(7-2)33(40)30-21(3)36-34-38(31(30)26-19-24(41-4)15-16-28(26)42-5)32(39)29(44-34)18-22-11-10-13-25(17-22)43-20-23-12-8-9-14-27(23)35/h8-19,31H,6-7,20H2,1-5H3/b29-18+/t31-/m0/s1. The van der Waals surface area contributed by atoms with Gasteiger partial charge in [0.1, 0.15) is 29.9 Å². The number of methoxy groups -OCH3 is 2. The number of aromatic nitrogens is 1. The van der Waals surface area contributed by atoms with Gasteiger partial charge in [0, 0.05) is 29.2 Å². The molecule has 0 saturated heterocycles. The lowest BCUT2D eigenvalue weighted by Crippen LogP contribution is -2.43. The van der Waals surface area contributed by atoms with E-state index in [9.17, 15) is 9.59 Å². The first-order valence-electron chi connectivity index (χ1n) is 14.3. The smallest absolute Gasteiger partial charge is 0.271 e. The van der Waals surface area contributed by atoms with Crippen LogP contribution < -0.4 is 29.1 Å². The van der Waals surface area contributed by atoms with Gasteiger partial charge in [-0.2, -0.15) is 0 Å². The van der Waals surface area contributed by atoms with E-state index in [0.29, 0.717) is 68.1 Å². The summed E-state index contributed by atoms with van der Waals surface area (Å²) in [4.78, 5) is 35.1. The molecule has 1 atom stereocenters. The SMILES string of the molecule is CCN(CC)C(=O)C1=C(C)N=c2s/c(=C/c3cccc(OCc4ccccc4Cl)c3)c(=O)n2[C@H]1c1cc(OC)ccc1OC. The number of hydrogen-bond donors (Lipinski definition) is 0. The van der Waals surface area contributed by atoms with Gasteiger partial charge in [0.2, 0.25) is 0 Å². The second kappa shape index (κ2) is 13.5. The van der Waals surface area contributed by atoms with Gasteiger partial charge in [-0.25, -0.2) is 4.99 Å². The molecule has 0 unspecified atom stereocenters. The zero-order chi connectivity index (χ0) is 31.4. The van der Waals surface area contributed by atoms with Crippen molar-refractivity contribution in [2.45, 2.75) is 33.4 Å². The molecule has 2 heterocycles. The van der Waals surface area contributed by atoms with Gasteiger partial charge in [-0.1, -0.05) is 53.3 Å². The summed E-state index contributed by atoms with van der Waals surface area (Å²) in [7, 11) is 3.14. The number of hydrogen-bond acceptors (Lipinski definition) is 7. The zero-order valence-corrected chi connectivity index (χ0v) is 26.9. The number of thiazole rings is 1. The number of ether oxygens (including phenoxy) is 3. The van der Waals surface area contributed by atoms with Crippen molar-refractivity contribution in [3.63, 3.8) is 0 Å². The Morgan fingerprint density at radius 3 is 2.50 bits per heavy atom. The highest BCUT2D eigenvalue weighted by Gasteiger charge is 2.36. The number of halogens is 1. The average molecular weight is 632 g/mol. The molecule has 0 N–H and O–H groups in total. The Hall–Kier alpha value is -4.34. The van der Waals surface area contributed by atoms with E-state index < -0.39 is 6.04 Å². The lowest BCUT2D eigenvalue weighted by atomic mass is 9.93. The van der Waals surface area contributed by atoms with Gasteiger partial charge in [-0.15, -0.1) is 0 Å². The summed E-state index contributed by atoms with van der Waals surface area (Å²) in [5, 5.41) is 0.640. The fraction of sp³-hybridized carbons (Fsp3) is 0.265. The first-order chi connectivity index (χ1) is 21.3. The third kappa shape index (κ3) is 6.16. The summed E-state index contributed by atoms with van der Waals surface area (Å²) in [6, 6.07) is 19.7. The maximum atomic E-state index is 14.2. The molecule has 0 aliphatic carbocycles. The minimum Gasteiger partial charge on any atom is -0.497 e. The summed E-state index contributed by atoms with van der Waals surface area (Å²) in [6.07, 6.45) is 1.82. The van der Waals surface area contributed by atoms with Crippen LogP contribution in [0.3, 0.4) is 0 Å². The van der Waals surface area contributed by atoms with Crippen molar-refractivity contribution in [1.82, 2.24) is 9.47 Å². The molecule has 1 aliphatic rings. The average Bonchev–Trinajstić information content (AvgIpc) is 3.33. The van der Waals surface area contributed by atoms with E-state index >= 15 is 0 Å². The highest BCUT2D eigenvalue weighted by Crippen LogP contribution is 2.38. The van der Waals surface area contributed by atoms with Crippen molar-refractivity contribution < 1.29 is 19.0 Å². The fourth-order valence-corrected chi connectivity index (χ4v) is 6.48. The molecule has 1 amide bonds. The summed E-state index contributed by atoms with van der Waals surface area (Å²) < 4.78 is 19.3. The van der Waals surface area contributed by atoms with Crippen LogP contribution in [0.4, 0.5) is 0 Å². The summed E-state index contributed by atoms with van der Waals surface area (Å²) in [6.45, 7) is 7.03. The van der Waals surface area contributed by atoms with Crippen LogP contribution in [0.2, 0.25) is 5.02 Å². The molecule has 228 valence electrons. The number of likely N-dealkylation sites (N-methyl/N-ethyl adjacent to an activating group) is 1. The summed E-state index contributed by atoms with van der Waals surface area (Å²) in [5.74, 6) is 1.59. The maximum Gasteiger partial charge on any atom is 0.271 e. The van der Waals surface area contributed by atoms with E-state index in [4.69, 9.17) is 30.8 Å². The molecule has 10 heteroatoms. The topological polar surface area (TPSA) is 82.4 Å². The van der Waals surface area contributed by atoms with Gasteiger partial charge in [-0.05, 0) is 68.8 Å². The van der Waals surface area contributed by atoms with E-state index in [1.54, 1.807) is 35.8 Å². The molecule has 1 aliphatic heterocycles. The zero-order valence-electron chi connectivity index (χ0n) is 25.3. The molecular formula is C34H34ClN3O5S. The Morgan fingerprint density at radius 2 is 1.80 bits per heavy atom. The van der Waals surface area contributed by atoms with Crippen LogP contribution in [0, 0.1) is 0 Å². The highest BCUT2D eigenvalue weighted by atomic mass is 35.5. The summed E-state index contributed by atoms with van der Waals surface area (Å²) >= 11 is 7.56. The molecule has 0 bridgehead atoms. The van der Waals surface area contributed by atoms with Crippen molar-refractivity contribution in [2.75, 3.05) is 27.3 Å². The van der Waals surface area contributed by atoms with Crippen molar-refractivity contribution in [3.8, 4) is 17.2 Å². The minimum absolute atomic E-state index is 0.177. The van der Waals surface area contributed by atoms with E-state index in [1.807, 2.05) is 81.4 Å². The fourth-order valence-electron chi connectivity index (χ4n) is 5.25. The van der Waals surface area contributed by atoms with Gasteiger partial charge in [0.05, 0.1) is 30.0 Å². The predicted octanol–water partition coefficient (Wildman–Crippen LogP) is 5.35. The third-order valence-corrected chi connectivity index (χ3v) is 8.89. The Kier molecular flexibility index (Phi) is 9.56. The number of benzene rings is 3. The van der Waals surface area contributed by atoms with Crippen LogP contribution in [0.5, 0.6) is 17.2 Å². The Balaban J connectivity index is 1.62. The molecule has 3 aromatic carbocycles. The van der Waals surface area contributed by atoms with Crippen LogP contribution >= 0.6 is 22.9 Å². The molecule has 8 nitrogen and oxygen atoms in total. The first-order valence-corrected chi connectivity index (χ1v) is 15.5. The van der Waals surface area contributed by atoms with E-state index in [0.717, 1.165) is 11.1 Å². The number of carbonyl (C=O) groups excluding carboxylic acids is 1. The van der Waals surface area contributed by atoms with Crippen molar-refractivity contribution in [3.05, 3.63) is 119 Å². The molecule has 44 heavy (non-hydrogen) atoms. The molecule has 4 aromatic rings. The van der Waals surface area contributed by atoms with Gasteiger partial charge in [0.15, 0.2) is 4.80 Å². The van der Waals surface area contributed by atoms with Crippen molar-refractivity contribution >= 4 is 34.9 Å². The quantitative estimate of drug-likeness (QED) is 0.236. The van der Waals surface area contributed by atoms with Crippen molar-refractivity contribution in [1.29, 1.82) is 0 Å². The Morgan fingerprint density at radius 1 is 1.02 bits per heavy atom. The van der Waals surface area contributed by atoms with Crippen LogP contribution in [-0.2, 0) is 11.4 Å². The van der Waals surface area contributed by atoms with Crippen LogP contribution in [0.1, 0.15) is 43.5 Å². The molecule has 0 radical (unpaired) electrons. The molecule has 1 aromatic heterocycles. The van der Waals surface area contributed by atoms with Gasteiger partial charge in [-0.3, -0.25) is 14.2 Å². The number of carbonyl (C=O) groups is 1. The normalized spacial score (nSPS) is 14.6. The Bertz CT molecular complexity index is 1910. The molecule has 5 rings (SSSR count). The molecule has 0 spiro atoms. The summed E-state index contributed by atoms with van der Waals surface area (Å²) in [5.41, 5.74) is 3.03. The lowest BCUT2D eigenvalue weighted by Gasteiger charge is -2.30. The van der Waals surface area contributed by atoms with E-state index in [-0.39, 0.29) is 11.5 Å². The number of fused-ring (bicyclic) bond motifs is 1. The lowest BCUT2D eigenvalue weighted by molar-refractivity contribution is -0.127. The second-order valence-corrected chi connectivity index (χ2v) is 11.5. The number of rotatable bonds is 10. The first kappa shape index (κ1) is 31.1.